The lowest BCUT2D eigenvalue weighted by atomic mass is 10.0. The Kier molecular flexibility index (Phi) is 6.93. The first-order valence-electron chi connectivity index (χ1n) is 9.60. The zero-order valence-electron chi connectivity index (χ0n) is 15.5. The van der Waals surface area contributed by atoms with Gasteiger partial charge in [-0.2, -0.15) is 0 Å². The summed E-state index contributed by atoms with van der Waals surface area (Å²) >= 11 is 0. The van der Waals surface area contributed by atoms with Crippen LogP contribution in [0.2, 0.25) is 0 Å². The van der Waals surface area contributed by atoms with Gasteiger partial charge in [0.05, 0.1) is 0 Å². The number of rotatable bonds is 7. The van der Waals surface area contributed by atoms with Gasteiger partial charge in [-0.05, 0) is 48.9 Å². The number of nitrogens with one attached hydrogen (secondary N) is 1. The highest BCUT2D eigenvalue weighted by atomic mass is 19.2. The van der Waals surface area contributed by atoms with E-state index in [0.717, 1.165) is 44.3 Å². The fraction of sp³-hybridized carbons (Fsp3) is 0.409. The first-order chi connectivity index (χ1) is 13.1. The first-order valence-corrected chi connectivity index (χ1v) is 9.60. The van der Waals surface area contributed by atoms with Crippen LogP contribution in [-0.2, 0) is 17.8 Å². The second-order valence-corrected chi connectivity index (χ2v) is 7.21. The normalized spacial score (nSPS) is 15.6. The van der Waals surface area contributed by atoms with Crippen molar-refractivity contribution < 1.29 is 13.6 Å². The largest absolute Gasteiger partial charge is 0.353 e. The van der Waals surface area contributed by atoms with Gasteiger partial charge in [0.15, 0.2) is 11.6 Å². The third-order valence-electron chi connectivity index (χ3n) is 5.05. The number of likely N-dealkylation sites (tertiary alicyclic amines) is 1. The van der Waals surface area contributed by atoms with Gasteiger partial charge < -0.3 is 5.32 Å². The van der Waals surface area contributed by atoms with Gasteiger partial charge in [-0.25, -0.2) is 8.78 Å². The van der Waals surface area contributed by atoms with E-state index in [1.165, 1.54) is 17.7 Å². The van der Waals surface area contributed by atoms with Crippen molar-refractivity contribution in [1.82, 2.24) is 10.2 Å². The van der Waals surface area contributed by atoms with Crippen LogP contribution in [0.5, 0.6) is 0 Å². The molecule has 0 unspecified atom stereocenters. The standard InChI is InChI=1S/C22H26F2N2O/c23-20-10-9-18(15-21(20)24)16-26-13-11-19(12-14-26)25-22(27)8-4-7-17-5-2-1-3-6-17/h1-3,5-6,9-10,15,19H,4,7-8,11-14,16H2,(H,25,27). The number of aryl methyl sites for hydroxylation is 1. The number of hydrogen-bond donors (Lipinski definition) is 1. The molecular weight excluding hydrogens is 346 g/mol. The predicted octanol–water partition coefficient (Wildman–Crippen LogP) is 4.07. The summed E-state index contributed by atoms with van der Waals surface area (Å²) in [5.74, 6) is -1.50. The van der Waals surface area contributed by atoms with Gasteiger partial charge in [0.2, 0.25) is 5.91 Å². The van der Waals surface area contributed by atoms with Gasteiger partial charge >= 0.3 is 0 Å². The van der Waals surface area contributed by atoms with Crippen molar-refractivity contribution in [2.45, 2.75) is 44.7 Å². The molecule has 5 heteroatoms. The van der Waals surface area contributed by atoms with Crippen molar-refractivity contribution >= 4 is 5.91 Å². The van der Waals surface area contributed by atoms with E-state index in [1.54, 1.807) is 6.07 Å². The Bertz CT molecular complexity index is 743. The molecule has 2 aromatic carbocycles. The van der Waals surface area contributed by atoms with Crippen molar-refractivity contribution in [2.24, 2.45) is 0 Å². The van der Waals surface area contributed by atoms with Gasteiger partial charge in [0.25, 0.3) is 0 Å². The molecule has 1 aliphatic rings. The molecule has 144 valence electrons. The van der Waals surface area contributed by atoms with Crippen LogP contribution >= 0.6 is 0 Å². The van der Waals surface area contributed by atoms with Crippen LogP contribution in [0.25, 0.3) is 0 Å². The summed E-state index contributed by atoms with van der Waals surface area (Å²) in [6.45, 7) is 2.29. The van der Waals surface area contributed by atoms with Crippen molar-refractivity contribution in [1.29, 1.82) is 0 Å². The highest BCUT2D eigenvalue weighted by molar-refractivity contribution is 5.76. The molecule has 2 aromatic rings. The topological polar surface area (TPSA) is 32.3 Å². The van der Waals surface area contributed by atoms with Crippen LogP contribution in [0.1, 0.15) is 36.8 Å². The first kappa shape index (κ1) is 19.5. The second-order valence-electron chi connectivity index (χ2n) is 7.21. The number of nitrogens with zero attached hydrogens (tertiary/aromatic N) is 1. The van der Waals surface area contributed by atoms with Crippen molar-refractivity contribution in [3.05, 3.63) is 71.3 Å². The number of benzene rings is 2. The van der Waals surface area contributed by atoms with E-state index in [4.69, 9.17) is 0 Å². The summed E-state index contributed by atoms with van der Waals surface area (Å²) in [6.07, 6.45) is 4.08. The molecular formula is C22H26F2N2O. The van der Waals surface area contributed by atoms with Gasteiger partial charge in [0.1, 0.15) is 0 Å². The Hall–Kier alpha value is -2.27. The maximum atomic E-state index is 13.3. The zero-order valence-corrected chi connectivity index (χ0v) is 15.5. The van der Waals surface area contributed by atoms with Gasteiger partial charge in [0, 0.05) is 32.1 Å². The molecule has 3 nitrogen and oxygen atoms in total. The molecule has 1 saturated heterocycles. The highest BCUT2D eigenvalue weighted by Gasteiger charge is 2.20. The maximum Gasteiger partial charge on any atom is 0.220 e. The molecule has 0 aromatic heterocycles. The second kappa shape index (κ2) is 9.60. The van der Waals surface area contributed by atoms with Crippen LogP contribution in [0.4, 0.5) is 8.78 Å². The average Bonchev–Trinajstić information content (AvgIpc) is 2.67. The molecule has 3 rings (SSSR count). The van der Waals surface area contributed by atoms with E-state index >= 15 is 0 Å². The van der Waals surface area contributed by atoms with Crippen LogP contribution in [0, 0.1) is 11.6 Å². The number of halogens is 2. The monoisotopic (exact) mass is 372 g/mol. The fourth-order valence-corrected chi connectivity index (χ4v) is 3.53. The molecule has 0 radical (unpaired) electrons. The summed E-state index contributed by atoms with van der Waals surface area (Å²) in [5, 5.41) is 3.13. The highest BCUT2D eigenvalue weighted by Crippen LogP contribution is 2.16. The smallest absolute Gasteiger partial charge is 0.220 e. The molecule has 0 bridgehead atoms. The number of hydrogen-bond acceptors (Lipinski definition) is 2. The molecule has 1 aliphatic heterocycles. The summed E-state index contributed by atoms with van der Waals surface area (Å²) in [4.78, 5) is 14.4. The minimum Gasteiger partial charge on any atom is -0.353 e. The Labute approximate surface area is 159 Å². The lowest BCUT2D eigenvalue weighted by Gasteiger charge is -2.32. The third-order valence-corrected chi connectivity index (χ3v) is 5.05. The van der Waals surface area contributed by atoms with Crippen LogP contribution in [-0.4, -0.2) is 29.9 Å². The molecule has 1 N–H and O–H groups in total. The Morgan fingerprint density at radius 3 is 2.44 bits per heavy atom. The molecule has 27 heavy (non-hydrogen) atoms. The van der Waals surface area contributed by atoms with E-state index in [1.807, 2.05) is 18.2 Å². The number of piperidine rings is 1. The minimum absolute atomic E-state index is 0.116. The molecule has 0 spiro atoms. The number of carbonyl (C=O) groups excluding carboxylic acids is 1. The van der Waals surface area contributed by atoms with Gasteiger partial charge in [-0.1, -0.05) is 36.4 Å². The Morgan fingerprint density at radius 1 is 1.00 bits per heavy atom. The van der Waals surface area contributed by atoms with Crippen molar-refractivity contribution in [3.63, 3.8) is 0 Å². The van der Waals surface area contributed by atoms with Crippen LogP contribution in [0.15, 0.2) is 48.5 Å². The SMILES string of the molecule is O=C(CCCc1ccccc1)NC1CCN(Cc2ccc(F)c(F)c2)CC1. The fourth-order valence-electron chi connectivity index (χ4n) is 3.53. The van der Waals surface area contributed by atoms with Crippen molar-refractivity contribution in [2.75, 3.05) is 13.1 Å². The van der Waals surface area contributed by atoms with E-state index in [9.17, 15) is 13.6 Å². The summed E-state index contributed by atoms with van der Waals surface area (Å²) < 4.78 is 26.3. The van der Waals surface area contributed by atoms with Crippen molar-refractivity contribution in [3.8, 4) is 0 Å². The molecule has 1 amide bonds. The lowest BCUT2D eigenvalue weighted by Crippen LogP contribution is -2.44. The zero-order chi connectivity index (χ0) is 19.1. The van der Waals surface area contributed by atoms with Crippen LogP contribution < -0.4 is 5.32 Å². The molecule has 0 saturated carbocycles. The number of amides is 1. The minimum atomic E-state index is -0.813. The lowest BCUT2D eigenvalue weighted by molar-refractivity contribution is -0.122. The van der Waals surface area contributed by atoms with E-state index in [0.29, 0.717) is 13.0 Å². The third kappa shape index (κ3) is 6.14. The van der Waals surface area contributed by atoms with Gasteiger partial charge in [-0.15, -0.1) is 0 Å². The number of carbonyl (C=O) groups is 1. The molecule has 1 fully saturated rings. The Balaban J connectivity index is 1.35. The van der Waals surface area contributed by atoms with Crippen LogP contribution in [0.3, 0.4) is 0 Å². The summed E-state index contributed by atoms with van der Waals surface area (Å²) in [5.41, 5.74) is 2.04. The molecule has 1 heterocycles. The summed E-state index contributed by atoms with van der Waals surface area (Å²) in [7, 11) is 0. The van der Waals surface area contributed by atoms with Gasteiger partial charge in [-0.3, -0.25) is 9.69 Å². The quantitative estimate of drug-likeness (QED) is 0.795. The Morgan fingerprint density at radius 2 is 1.74 bits per heavy atom. The van der Waals surface area contributed by atoms with E-state index in [2.05, 4.69) is 22.3 Å². The van der Waals surface area contributed by atoms with E-state index in [-0.39, 0.29) is 11.9 Å². The molecule has 0 atom stereocenters. The van der Waals surface area contributed by atoms with E-state index < -0.39 is 11.6 Å². The molecule has 0 aliphatic carbocycles. The maximum absolute atomic E-state index is 13.3. The summed E-state index contributed by atoms with van der Waals surface area (Å²) in [6, 6.07) is 14.5. The average molecular weight is 372 g/mol. The predicted molar refractivity (Wildman–Crippen MR) is 102 cm³/mol.